The van der Waals surface area contributed by atoms with Crippen LogP contribution in [0.15, 0.2) is 42.5 Å². The molecule has 5 N–H and O–H groups in total. The highest BCUT2D eigenvalue weighted by atomic mass is 32.2. The van der Waals surface area contributed by atoms with Crippen LogP contribution in [0, 0.1) is 17.6 Å². The molecule has 1 aliphatic heterocycles. The van der Waals surface area contributed by atoms with Crippen molar-refractivity contribution in [2.24, 2.45) is 11.7 Å². The highest BCUT2D eigenvalue weighted by Gasteiger charge is 2.35. The number of halogens is 2. The molecule has 1 heterocycles. The Hall–Kier alpha value is -3.62. The predicted molar refractivity (Wildman–Crippen MR) is 187 cm³/mol. The third-order valence-corrected chi connectivity index (χ3v) is 11.2. The van der Waals surface area contributed by atoms with Crippen molar-refractivity contribution in [1.82, 2.24) is 15.5 Å². The van der Waals surface area contributed by atoms with E-state index in [0.29, 0.717) is 38.5 Å². The van der Waals surface area contributed by atoms with Gasteiger partial charge < -0.3 is 31.1 Å². The zero-order valence-corrected chi connectivity index (χ0v) is 30.0. The molecule has 2 aromatic rings. The van der Waals surface area contributed by atoms with Gasteiger partial charge in [0.25, 0.3) is 0 Å². The summed E-state index contributed by atoms with van der Waals surface area (Å²) < 4.78 is 60.5. The third-order valence-electron chi connectivity index (χ3n) is 8.89. The summed E-state index contributed by atoms with van der Waals surface area (Å²) in [7, 11) is -3.83. The van der Waals surface area contributed by atoms with E-state index in [1.807, 2.05) is 45.0 Å². The standard InChI is InChI=1S/C36H52F2N4O7S/c1-4-8-31(9-5-2)50(47,48)23-27(19-40-36(46)49-22-30-12-13-34(44)41-30)35(45)42(20-25-11-7-10-24(6-3)14-25)21-33(43)32(39)17-26-15-28(37)18-29(38)16-26/h7,10-11,14-16,18,27,30-33,43H,4-6,8-9,12-13,17,19-23,39H2,1-3H3,(H,40,46)(H,41,44)/t27?,30-,32-,33+/m0/s1. The molecule has 1 fully saturated rings. The molecule has 50 heavy (non-hydrogen) atoms. The molecule has 0 bridgehead atoms. The van der Waals surface area contributed by atoms with E-state index in [9.17, 15) is 36.7 Å². The van der Waals surface area contributed by atoms with E-state index >= 15 is 0 Å². The summed E-state index contributed by atoms with van der Waals surface area (Å²) in [4.78, 5) is 39.9. The summed E-state index contributed by atoms with van der Waals surface area (Å²) in [5.74, 6) is -4.15. The van der Waals surface area contributed by atoms with E-state index < -0.39 is 62.5 Å². The number of hydrogen-bond donors (Lipinski definition) is 4. The topological polar surface area (TPSA) is 168 Å². The van der Waals surface area contributed by atoms with Gasteiger partial charge in [0.1, 0.15) is 18.2 Å². The number of carbonyl (C=O) groups is 3. The van der Waals surface area contributed by atoms with Crippen LogP contribution in [0.3, 0.4) is 0 Å². The number of aryl methyl sites for hydroxylation is 1. The lowest BCUT2D eigenvalue weighted by Crippen LogP contribution is -2.50. The van der Waals surface area contributed by atoms with Gasteiger partial charge in [0.15, 0.2) is 9.84 Å². The Morgan fingerprint density at radius 2 is 1.72 bits per heavy atom. The maximum atomic E-state index is 14.4. The van der Waals surface area contributed by atoms with E-state index in [4.69, 9.17) is 10.5 Å². The first kappa shape index (κ1) is 40.8. The predicted octanol–water partition coefficient (Wildman–Crippen LogP) is 3.79. The van der Waals surface area contributed by atoms with Crippen molar-refractivity contribution >= 4 is 27.7 Å². The largest absolute Gasteiger partial charge is 0.447 e. The zero-order valence-electron chi connectivity index (χ0n) is 29.2. The Bertz CT molecular complexity index is 1520. The maximum Gasteiger partial charge on any atom is 0.407 e. The van der Waals surface area contributed by atoms with Gasteiger partial charge in [-0.25, -0.2) is 22.0 Å². The molecule has 0 aliphatic carbocycles. The van der Waals surface area contributed by atoms with Crippen LogP contribution >= 0.6 is 0 Å². The molecule has 278 valence electrons. The number of nitrogens with zero attached hydrogens (tertiary/aromatic N) is 1. The second-order valence-corrected chi connectivity index (χ2v) is 15.4. The monoisotopic (exact) mass is 722 g/mol. The Kier molecular flexibility index (Phi) is 16.1. The fraction of sp³-hybridized carbons (Fsp3) is 0.583. The number of benzene rings is 2. The van der Waals surface area contributed by atoms with Crippen LogP contribution in [0.5, 0.6) is 0 Å². The quantitative estimate of drug-likeness (QED) is 0.160. The number of amides is 3. The van der Waals surface area contributed by atoms with E-state index in [2.05, 4.69) is 10.6 Å². The molecule has 0 spiro atoms. The number of aliphatic hydroxyl groups excluding tert-OH is 1. The highest BCUT2D eigenvalue weighted by molar-refractivity contribution is 7.92. The summed E-state index contributed by atoms with van der Waals surface area (Å²) in [5, 5.41) is 15.8. The van der Waals surface area contributed by atoms with Crippen molar-refractivity contribution in [2.75, 3.05) is 25.4 Å². The van der Waals surface area contributed by atoms with Crippen molar-refractivity contribution in [2.45, 2.75) is 102 Å². The fourth-order valence-electron chi connectivity index (χ4n) is 6.17. The molecule has 11 nitrogen and oxygen atoms in total. The molecule has 1 unspecified atom stereocenters. The minimum atomic E-state index is -3.83. The zero-order chi connectivity index (χ0) is 36.8. The molecule has 14 heteroatoms. The lowest BCUT2D eigenvalue weighted by Gasteiger charge is -2.32. The molecule has 4 atom stereocenters. The molecule has 1 saturated heterocycles. The van der Waals surface area contributed by atoms with Crippen LogP contribution in [-0.4, -0.2) is 85.2 Å². The SMILES string of the molecule is CCCC(CCC)S(=O)(=O)CC(CNC(=O)OC[C@@H]1CCC(=O)N1)C(=O)N(Cc1cccc(CC)c1)C[C@@H](O)[C@@H](N)Cc1cc(F)cc(F)c1. The van der Waals surface area contributed by atoms with Gasteiger partial charge in [-0.1, -0.05) is 57.9 Å². The average molecular weight is 723 g/mol. The lowest BCUT2D eigenvalue weighted by atomic mass is 10.0. The lowest BCUT2D eigenvalue weighted by molar-refractivity contribution is -0.137. The normalized spacial score (nSPS) is 16.5. The number of nitrogens with two attached hydrogens (primary N) is 1. The summed E-state index contributed by atoms with van der Waals surface area (Å²) in [5.41, 5.74) is 8.24. The van der Waals surface area contributed by atoms with Gasteiger partial charge in [-0.05, 0) is 60.9 Å². The fourth-order valence-corrected chi connectivity index (χ4v) is 8.46. The molecule has 2 aromatic carbocycles. The number of nitrogens with one attached hydrogen (secondary N) is 2. The van der Waals surface area contributed by atoms with E-state index in [0.717, 1.165) is 35.7 Å². The summed E-state index contributed by atoms with van der Waals surface area (Å²) in [6.07, 6.45) is 1.34. The average Bonchev–Trinajstić information content (AvgIpc) is 3.49. The van der Waals surface area contributed by atoms with Crippen molar-refractivity contribution in [3.8, 4) is 0 Å². The van der Waals surface area contributed by atoms with Crippen molar-refractivity contribution < 1.29 is 41.4 Å². The Balaban J connectivity index is 1.89. The van der Waals surface area contributed by atoms with Crippen LogP contribution < -0.4 is 16.4 Å². The smallest absolute Gasteiger partial charge is 0.407 e. The molecule has 3 rings (SSSR count). The molecule has 1 aliphatic rings. The first-order chi connectivity index (χ1) is 23.7. The van der Waals surface area contributed by atoms with Gasteiger partial charge in [0.05, 0.1) is 29.1 Å². The Morgan fingerprint density at radius 3 is 2.32 bits per heavy atom. The Labute approximate surface area is 294 Å². The van der Waals surface area contributed by atoms with Gasteiger partial charge in [-0.2, -0.15) is 0 Å². The van der Waals surface area contributed by atoms with Gasteiger partial charge >= 0.3 is 6.09 Å². The van der Waals surface area contributed by atoms with Crippen molar-refractivity contribution in [3.63, 3.8) is 0 Å². The molecule has 0 radical (unpaired) electrons. The van der Waals surface area contributed by atoms with Crippen LogP contribution in [-0.2, 0) is 43.5 Å². The first-order valence-electron chi connectivity index (χ1n) is 17.4. The summed E-state index contributed by atoms with van der Waals surface area (Å²) in [6.45, 7) is 5.00. The van der Waals surface area contributed by atoms with Crippen LogP contribution in [0.25, 0.3) is 0 Å². The molecule has 0 saturated carbocycles. The molecular weight excluding hydrogens is 670 g/mol. The minimum absolute atomic E-state index is 0.000761. The van der Waals surface area contributed by atoms with Crippen LogP contribution in [0.2, 0.25) is 0 Å². The van der Waals surface area contributed by atoms with E-state index in [1.165, 1.54) is 4.90 Å². The van der Waals surface area contributed by atoms with Gasteiger partial charge in [-0.3, -0.25) is 9.59 Å². The number of hydrogen-bond acceptors (Lipinski definition) is 8. The number of sulfone groups is 1. The number of alkyl carbamates (subject to hydrolysis) is 1. The first-order valence-corrected chi connectivity index (χ1v) is 19.1. The second kappa shape index (κ2) is 19.7. The summed E-state index contributed by atoms with van der Waals surface area (Å²) >= 11 is 0. The summed E-state index contributed by atoms with van der Waals surface area (Å²) in [6, 6.07) is 9.08. The number of carbonyl (C=O) groups excluding carboxylic acids is 3. The third kappa shape index (κ3) is 12.9. The highest BCUT2D eigenvalue weighted by Crippen LogP contribution is 2.21. The molecule has 0 aromatic heterocycles. The van der Waals surface area contributed by atoms with Gasteiger partial charge in [-0.15, -0.1) is 0 Å². The number of aliphatic hydroxyl groups is 1. The van der Waals surface area contributed by atoms with E-state index in [-0.39, 0.29) is 50.2 Å². The maximum absolute atomic E-state index is 14.4. The van der Waals surface area contributed by atoms with Gasteiger partial charge in [0, 0.05) is 38.2 Å². The Morgan fingerprint density at radius 1 is 1.06 bits per heavy atom. The number of ether oxygens (including phenoxy) is 1. The van der Waals surface area contributed by atoms with Gasteiger partial charge in [0.2, 0.25) is 11.8 Å². The second-order valence-electron chi connectivity index (χ2n) is 13.1. The number of rotatable bonds is 20. The molecule has 3 amide bonds. The van der Waals surface area contributed by atoms with Crippen molar-refractivity contribution in [3.05, 3.63) is 70.8 Å². The molecular formula is C36H52F2N4O7S. The van der Waals surface area contributed by atoms with E-state index in [1.54, 1.807) is 0 Å². The van der Waals surface area contributed by atoms with Crippen LogP contribution in [0.1, 0.15) is 76.0 Å². The minimum Gasteiger partial charge on any atom is -0.447 e. The van der Waals surface area contributed by atoms with Crippen molar-refractivity contribution in [1.29, 1.82) is 0 Å². The van der Waals surface area contributed by atoms with Crippen LogP contribution in [0.4, 0.5) is 13.6 Å².